The van der Waals surface area contributed by atoms with Crippen LogP contribution in [0.2, 0.25) is 0 Å². The molecule has 19 heavy (non-hydrogen) atoms. The molecule has 0 amide bonds. The van der Waals surface area contributed by atoms with E-state index in [1.165, 1.54) is 6.42 Å². The van der Waals surface area contributed by atoms with Crippen LogP contribution in [0.25, 0.3) is 0 Å². The summed E-state index contributed by atoms with van der Waals surface area (Å²) < 4.78 is 26.9. The number of rotatable bonds is 5. The number of nitrogens with zero attached hydrogens (tertiary/aromatic N) is 1. The molecular formula is C14H27ClF2N2. The second-order valence-electron chi connectivity index (χ2n) is 5.96. The Morgan fingerprint density at radius 2 is 2.11 bits per heavy atom. The third-order valence-corrected chi connectivity index (χ3v) is 4.30. The molecule has 1 heterocycles. The van der Waals surface area contributed by atoms with Crippen molar-refractivity contribution in [2.45, 2.75) is 57.4 Å². The van der Waals surface area contributed by atoms with E-state index in [2.05, 4.69) is 17.1 Å². The molecule has 114 valence electrons. The van der Waals surface area contributed by atoms with Crippen molar-refractivity contribution in [1.29, 1.82) is 0 Å². The number of hydrogen-bond acceptors (Lipinski definition) is 2. The highest BCUT2D eigenvalue weighted by Gasteiger charge is 2.37. The highest BCUT2D eigenvalue weighted by molar-refractivity contribution is 5.85. The SMILES string of the molecule is CCCN(CC1CCCC(F)(F)C1)C1CCNC1.Cl. The summed E-state index contributed by atoms with van der Waals surface area (Å²) in [7, 11) is 0. The van der Waals surface area contributed by atoms with Gasteiger partial charge in [0, 0.05) is 32.0 Å². The normalized spacial score (nSPS) is 30.3. The summed E-state index contributed by atoms with van der Waals surface area (Å²) in [5.41, 5.74) is 0. The number of alkyl halides is 2. The third kappa shape index (κ3) is 5.16. The largest absolute Gasteiger partial charge is 0.315 e. The van der Waals surface area contributed by atoms with Gasteiger partial charge in [-0.25, -0.2) is 8.78 Å². The Balaban J connectivity index is 0.00000180. The van der Waals surface area contributed by atoms with Crippen molar-refractivity contribution in [2.75, 3.05) is 26.2 Å². The van der Waals surface area contributed by atoms with E-state index in [1.807, 2.05) is 0 Å². The minimum absolute atomic E-state index is 0. The predicted octanol–water partition coefficient (Wildman–Crippen LogP) is 3.31. The maximum Gasteiger partial charge on any atom is 0.248 e. The second kappa shape index (κ2) is 7.75. The molecule has 2 aliphatic rings. The standard InChI is InChI=1S/C14H26F2N2.ClH/c1-2-8-18(13-5-7-17-10-13)11-12-4-3-6-14(15,16)9-12;/h12-13,17H,2-11H2,1H3;1H. The zero-order chi connectivity index (χ0) is 13.0. The van der Waals surface area contributed by atoms with Crippen molar-refractivity contribution in [1.82, 2.24) is 10.2 Å². The van der Waals surface area contributed by atoms with E-state index in [1.54, 1.807) is 0 Å². The molecule has 0 bridgehead atoms. The fraction of sp³-hybridized carbons (Fsp3) is 1.00. The molecule has 0 spiro atoms. The van der Waals surface area contributed by atoms with Crippen LogP contribution in [0.1, 0.15) is 45.4 Å². The Kier molecular flexibility index (Phi) is 6.98. The molecule has 2 unspecified atom stereocenters. The minimum Gasteiger partial charge on any atom is -0.315 e. The number of hydrogen-bond donors (Lipinski definition) is 1. The summed E-state index contributed by atoms with van der Waals surface area (Å²) in [5.74, 6) is -2.21. The van der Waals surface area contributed by atoms with E-state index in [0.29, 0.717) is 12.5 Å². The molecule has 2 fully saturated rings. The van der Waals surface area contributed by atoms with Crippen LogP contribution in [0.3, 0.4) is 0 Å². The lowest BCUT2D eigenvalue weighted by atomic mass is 9.86. The van der Waals surface area contributed by atoms with Gasteiger partial charge in [-0.1, -0.05) is 6.92 Å². The van der Waals surface area contributed by atoms with Crippen molar-refractivity contribution in [2.24, 2.45) is 5.92 Å². The van der Waals surface area contributed by atoms with E-state index >= 15 is 0 Å². The van der Waals surface area contributed by atoms with Crippen LogP contribution in [0.5, 0.6) is 0 Å². The van der Waals surface area contributed by atoms with E-state index < -0.39 is 5.92 Å². The summed E-state index contributed by atoms with van der Waals surface area (Å²) in [4.78, 5) is 2.45. The zero-order valence-corrected chi connectivity index (χ0v) is 12.7. The quantitative estimate of drug-likeness (QED) is 0.837. The smallest absolute Gasteiger partial charge is 0.248 e. The van der Waals surface area contributed by atoms with Gasteiger partial charge in [-0.3, -0.25) is 4.90 Å². The molecule has 0 aromatic heterocycles. The monoisotopic (exact) mass is 296 g/mol. The highest BCUT2D eigenvalue weighted by atomic mass is 35.5. The fourth-order valence-corrected chi connectivity index (χ4v) is 3.42. The van der Waals surface area contributed by atoms with Gasteiger partial charge in [-0.2, -0.15) is 0 Å². The molecule has 1 aliphatic carbocycles. The number of halogens is 3. The topological polar surface area (TPSA) is 15.3 Å². The Morgan fingerprint density at radius 1 is 1.32 bits per heavy atom. The van der Waals surface area contributed by atoms with Crippen LogP contribution >= 0.6 is 12.4 Å². The molecule has 0 aromatic rings. The molecule has 2 atom stereocenters. The third-order valence-electron chi connectivity index (χ3n) is 4.30. The molecule has 2 rings (SSSR count). The van der Waals surface area contributed by atoms with Crippen molar-refractivity contribution in [3.05, 3.63) is 0 Å². The highest BCUT2D eigenvalue weighted by Crippen LogP contribution is 2.37. The van der Waals surface area contributed by atoms with Gasteiger partial charge < -0.3 is 5.32 Å². The summed E-state index contributed by atoms with van der Waals surface area (Å²) in [6.07, 6.45) is 4.16. The maximum absolute atomic E-state index is 13.4. The van der Waals surface area contributed by atoms with Crippen molar-refractivity contribution in [3.8, 4) is 0 Å². The Hall–Kier alpha value is 0.0700. The molecule has 1 aliphatic heterocycles. The fourth-order valence-electron chi connectivity index (χ4n) is 3.42. The van der Waals surface area contributed by atoms with Gasteiger partial charge in [-0.05, 0) is 44.7 Å². The van der Waals surface area contributed by atoms with Crippen molar-refractivity contribution < 1.29 is 8.78 Å². The van der Waals surface area contributed by atoms with E-state index in [4.69, 9.17) is 0 Å². The molecule has 0 radical (unpaired) electrons. The van der Waals surface area contributed by atoms with Gasteiger partial charge in [0.15, 0.2) is 0 Å². The molecule has 0 aromatic carbocycles. The van der Waals surface area contributed by atoms with Gasteiger partial charge in [0.05, 0.1) is 0 Å². The molecule has 1 saturated carbocycles. The zero-order valence-electron chi connectivity index (χ0n) is 11.8. The molecular weight excluding hydrogens is 270 g/mol. The van der Waals surface area contributed by atoms with Crippen molar-refractivity contribution >= 4 is 12.4 Å². The van der Waals surface area contributed by atoms with E-state index in [0.717, 1.165) is 39.0 Å². The Bertz CT molecular complexity index is 258. The first-order valence-corrected chi connectivity index (χ1v) is 7.43. The van der Waals surface area contributed by atoms with Crippen LogP contribution in [-0.4, -0.2) is 43.0 Å². The first-order valence-electron chi connectivity index (χ1n) is 7.43. The van der Waals surface area contributed by atoms with Gasteiger partial charge in [0.25, 0.3) is 0 Å². The lowest BCUT2D eigenvalue weighted by Crippen LogP contribution is -2.42. The van der Waals surface area contributed by atoms with Gasteiger partial charge >= 0.3 is 0 Å². The molecule has 1 saturated heterocycles. The number of nitrogens with one attached hydrogen (secondary N) is 1. The van der Waals surface area contributed by atoms with Crippen molar-refractivity contribution in [3.63, 3.8) is 0 Å². The van der Waals surface area contributed by atoms with Crippen LogP contribution in [-0.2, 0) is 0 Å². The predicted molar refractivity (Wildman–Crippen MR) is 77.3 cm³/mol. The lowest BCUT2D eigenvalue weighted by Gasteiger charge is -2.35. The summed E-state index contributed by atoms with van der Waals surface area (Å²) in [5, 5.41) is 3.37. The first kappa shape index (κ1) is 17.1. The van der Waals surface area contributed by atoms with Crippen LogP contribution < -0.4 is 5.32 Å². The molecule has 2 nitrogen and oxygen atoms in total. The summed E-state index contributed by atoms with van der Waals surface area (Å²) in [6, 6.07) is 0.570. The van der Waals surface area contributed by atoms with Gasteiger partial charge in [0.2, 0.25) is 5.92 Å². The molecule has 1 N–H and O–H groups in total. The van der Waals surface area contributed by atoms with Gasteiger partial charge in [-0.15, -0.1) is 12.4 Å². The average Bonchev–Trinajstić information content (AvgIpc) is 2.80. The lowest BCUT2D eigenvalue weighted by molar-refractivity contribution is -0.0583. The van der Waals surface area contributed by atoms with E-state index in [-0.39, 0.29) is 31.2 Å². The summed E-state index contributed by atoms with van der Waals surface area (Å²) >= 11 is 0. The second-order valence-corrected chi connectivity index (χ2v) is 5.96. The Labute approximate surface area is 121 Å². The van der Waals surface area contributed by atoms with Crippen LogP contribution in [0, 0.1) is 5.92 Å². The first-order chi connectivity index (χ1) is 8.61. The van der Waals surface area contributed by atoms with Crippen LogP contribution in [0.15, 0.2) is 0 Å². The minimum atomic E-state index is -2.41. The average molecular weight is 297 g/mol. The van der Waals surface area contributed by atoms with Crippen LogP contribution in [0.4, 0.5) is 8.78 Å². The van der Waals surface area contributed by atoms with E-state index in [9.17, 15) is 8.78 Å². The summed E-state index contributed by atoms with van der Waals surface area (Å²) in [6.45, 7) is 6.20. The maximum atomic E-state index is 13.4. The van der Waals surface area contributed by atoms with Gasteiger partial charge in [0.1, 0.15) is 0 Å². The molecule has 5 heteroatoms. The Morgan fingerprint density at radius 3 is 2.68 bits per heavy atom.